The molecule has 0 aliphatic rings. The lowest BCUT2D eigenvalue weighted by Gasteiger charge is -2.14. The van der Waals surface area contributed by atoms with Crippen LogP contribution in [0.4, 0.5) is 0 Å². The molecule has 0 spiro atoms. The molecule has 0 amide bonds. The lowest BCUT2D eigenvalue weighted by atomic mass is 10.1. The average molecular weight is 237 g/mol. The third kappa shape index (κ3) is 3.75. The van der Waals surface area contributed by atoms with E-state index in [4.69, 9.17) is 15.2 Å². The Morgan fingerprint density at radius 1 is 1.41 bits per heavy atom. The van der Waals surface area contributed by atoms with Gasteiger partial charge < -0.3 is 15.2 Å². The van der Waals surface area contributed by atoms with E-state index in [0.717, 1.165) is 5.56 Å². The molecule has 0 radical (unpaired) electrons. The number of esters is 1. The van der Waals surface area contributed by atoms with Crippen LogP contribution in [0.2, 0.25) is 0 Å². The van der Waals surface area contributed by atoms with Crippen molar-refractivity contribution in [2.24, 2.45) is 5.73 Å². The molecule has 0 aromatic heterocycles. The van der Waals surface area contributed by atoms with E-state index in [9.17, 15) is 4.79 Å². The maximum atomic E-state index is 11.9. The van der Waals surface area contributed by atoms with Crippen molar-refractivity contribution >= 4 is 5.97 Å². The number of carbonyl (C=O) groups excluding carboxylic acids is 1. The number of hydrogen-bond acceptors (Lipinski definition) is 4. The van der Waals surface area contributed by atoms with E-state index in [-0.39, 0.29) is 12.1 Å². The van der Waals surface area contributed by atoms with Gasteiger partial charge >= 0.3 is 5.97 Å². The highest BCUT2D eigenvalue weighted by Crippen LogP contribution is 2.24. The Bertz CT molecular complexity index is 388. The van der Waals surface area contributed by atoms with Gasteiger partial charge in [-0.1, -0.05) is 12.1 Å². The van der Waals surface area contributed by atoms with E-state index in [0.29, 0.717) is 24.5 Å². The minimum Gasteiger partial charge on any atom is -0.491 e. The molecule has 0 atom stereocenters. The van der Waals surface area contributed by atoms with Crippen LogP contribution < -0.4 is 10.5 Å². The third-order valence-electron chi connectivity index (χ3n) is 2.14. The predicted molar refractivity (Wildman–Crippen MR) is 66.3 cm³/mol. The fourth-order valence-electron chi connectivity index (χ4n) is 1.44. The Kier molecular flexibility index (Phi) is 4.97. The van der Waals surface area contributed by atoms with Crippen LogP contribution in [-0.2, 0) is 4.74 Å². The summed E-state index contributed by atoms with van der Waals surface area (Å²) >= 11 is 0. The molecule has 2 N–H and O–H groups in total. The summed E-state index contributed by atoms with van der Waals surface area (Å²) in [5, 5.41) is 0. The molecule has 0 saturated carbocycles. The smallest absolute Gasteiger partial charge is 0.342 e. The summed E-state index contributed by atoms with van der Waals surface area (Å²) < 4.78 is 10.7. The molecule has 4 heteroatoms. The van der Waals surface area contributed by atoms with Crippen LogP contribution in [0.1, 0.15) is 29.8 Å². The maximum absolute atomic E-state index is 11.9. The highest BCUT2D eigenvalue weighted by Gasteiger charge is 2.16. The van der Waals surface area contributed by atoms with Gasteiger partial charge in [-0.3, -0.25) is 0 Å². The Morgan fingerprint density at radius 3 is 2.71 bits per heavy atom. The van der Waals surface area contributed by atoms with Gasteiger partial charge in [0.25, 0.3) is 0 Å². The van der Waals surface area contributed by atoms with Crippen LogP contribution >= 0.6 is 0 Å². The molecule has 1 aromatic rings. The lowest BCUT2D eigenvalue weighted by molar-refractivity contribution is 0.0373. The van der Waals surface area contributed by atoms with Gasteiger partial charge in [0.15, 0.2) is 0 Å². The van der Waals surface area contributed by atoms with E-state index in [1.807, 2.05) is 32.9 Å². The molecule has 0 aliphatic carbocycles. The zero-order valence-electron chi connectivity index (χ0n) is 10.5. The summed E-state index contributed by atoms with van der Waals surface area (Å²) in [6, 6.07) is 5.39. The molecule has 0 saturated heterocycles. The Balaban J connectivity index is 2.97. The molecule has 0 bridgehead atoms. The van der Waals surface area contributed by atoms with E-state index >= 15 is 0 Å². The Labute approximate surface area is 102 Å². The summed E-state index contributed by atoms with van der Waals surface area (Å²) in [4.78, 5) is 11.9. The van der Waals surface area contributed by atoms with Crippen molar-refractivity contribution in [2.75, 3.05) is 13.2 Å². The summed E-state index contributed by atoms with van der Waals surface area (Å²) in [6.45, 7) is 6.31. The van der Waals surface area contributed by atoms with Gasteiger partial charge in [0.1, 0.15) is 17.9 Å². The Morgan fingerprint density at radius 2 is 2.12 bits per heavy atom. The van der Waals surface area contributed by atoms with Crippen LogP contribution in [0.25, 0.3) is 0 Å². The first-order valence-corrected chi connectivity index (χ1v) is 5.69. The number of ether oxygens (including phenoxy) is 2. The number of benzene rings is 1. The number of hydrogen-bond donors (Lipinski definition) is 1. The van der Waals surface area contributed by atoms with Gasteiger partial charge in [0, 0.05) is 6.54 Å². The summed E-state index contributed by atoms with van der Waals surface area (Å²) in [5.41, 5.74) is 6.74. The first-order valence-electron chi connectivity index (χ1n) is 5.69. The van der Waals surface area contributed by atoms with Crippen molar-refractivity contribution in [2.45, 2.75) is 26.9 Å². The summed E-state index contributed by atoms with van der Waals surface area (Å²) in [6.07, 6.45) is -0.148. The molecule has 17 heavy (non-hydrogen) atoms. The van der Waals surface area contributed by atoms with Crippen molar-refractivity contribution in [3.8, 4) is 5.75 Å². The fraction of sp³-hybridized carbons (Fsp3) is 0.462. The number of para-hydroxylation sites is 1. The lowest BCUT2D eigenvalue weighted by Crippen LogP contribution is -2.16. The van der Waals surface area contributed by atoms with Crippen LogP contribution in [0.15, 0.2) is 18.2 Å². The van der Waals surface area contributed by atoms with Crippen LogP contribution in [-0.4, -0.2) is 25.2 Å². The van der Waals surface area contributed by atoms with Crippen molar-refractivity contribution in [1.29, 1.82) is 0 Å². The monoisotopic (exact) mass is 237 g/mol. The van der Waals surface area contributed by atoms with Gasteiger partial charge in [0.2, 0.25) is 0 Å². The molecular weight excluding hydrogens is 218 g/mol. The van der Waals surface area contributed by atoms with Crippen molar-refractivity contribution < 1.29 is 14.3 Å². The second-order valence-corrected chi connectivity index (χ2v) is 4.04. The van der Waals surface area contributed by atoms with Crippen LogP contribution in [0, 0.1) is 6.92 Å². The van der Waals surface area contributed by atoms with Crippen LogP contribution in [0.3, 0.4) is 0 Å². The van der Waals surface area contributed by atoms with Crippen molar-refractivity contribution in [3.05, 3.63) is 29.3 Å². The molecule has 4 nitrogen and oxygen atoms in total. The largest absolute Gasteiger partial charge is 0.491 e. The highest BCUT2D eigenvalue weighted by molar-refractivity contribution is 5.93. The van der Waals surface area contributed by atoms with Gasteiger partial charge in [-0.15, -0.1) is 0 Å². The van der Waals surface area contributed by atoms with E-state index < -0.39 is 0 Å². The van der Waals surface area contributed by atoms with E-state index in [1.54, 1.807) is 6.07 Å². The van der Waals surface area contributed by atoms with Crippen molar-refractivity contribution in [3.63, 3.8) is 0 Å². The van der Waals surface area contributed by atoms with E-state index in [1.165, 1.54) is 0 Å². The molecule has 94 valence electrons. The maximum Gasteiger partial charge on any atom is 0.342 e. The minimum atomic E-state index is -0.365. The van der Waals surface area contributed by atoms with Gasteiger partial charge in [-0.05, 0) is 32.4 Å². The summed E-state index contributed by atoms with van der Waals surface area (Å²) in [7, 11) is 0. The first kappa shape index (κ1) is 13.5. The normalized spacial score (nSPS) is 10.4. The average Bonchev–Trinajstić information content (AvgIpc) is 2.26. The third-order valence-corrected chi connectivity index (χ3v) is 2.14. The zero-order chi connectivity index (χ0) is 12.8. The van der Waals surface area contributed by atoms with Crippen molar-refractivity contribution in [1.82, 2.24) is 0 Å². The second kappa shape index (κ2) is 6.25. The minimum absolute atomic E-state index is 0.148. The predicted octanol–water partition coefficient (Wildman–Crippen LogP) is 1.90. The first-order chi connectivity index (χ1) is 8.06. The molecule has 1 aromatic carbocycles. The SMILES string of the molecule is Cc1cccc(C(=O)OC(C)C)c1OCCN. The Hall–Kier alpha value is -1.55. The number of carbonyl (C=O) groups is 1. The molecular formula is C13H19NO3. The topological polar surface area (TPSA) is 61.5 Å². The van der Waals surface area contributed by atoms with Gasteiger partial charge in [-0.2, -0.15) is 0 Å². The van der Waals surface area contributed by atoms with E-state index in [2.05, 4.69) is 0 Å². The quantitative estimate of drug-likeness (QED) is 0.794. The molecule has 0 fully saturated rings. The van der Waals surface area contributed by atoms with Gasteiger partial charge in [-0.25, -0.2) is 4.79 Å². The fourth-order valence-corrected chi connectivity index (χ4v) is 1.44. The number of nitrogens with two attached hydrogens (primary N) is 1. The molecule has 0 aliphatic heterocycles. The molecule has 1 rings (SSSR count). The van der Waals surface area contributed by atoms with Gasteiger partial charge in [0.05, 0.1) is 6.10 Å². The zero-order valence-corrected chi connectivity index (χ0v) is 10.5. The number of rotatable bonds is 5. The second-order valence-electron chi connectivity index (χ2n) is 4.04. The highest BCUT2D eigenvalue weighted by atomic mass is 16.5. The molecule has 0 heterocycles. The number of aryl methyl sites for hydroxylation is 1. The standard InChI is InChI=1S/C13H19NO3/c1-9(2)17-13(15)11-6-4-5-10(3)12(11)16-8-7-14/h4-6,9H,7-8,14H2,1-3H3. The summed E-state index contributed by atoms with van der Waals surface area (Å²) in [5.74, 6) is 0.194. The van der Waals surface area contributed by atoms with Crippen LogP contribution in [0.5, 0.6) is 5.75 Å². The molecule has 0 unspecified atom stereocenters.